The van der Waals surface area contributed by atoms with Crippen molar-refractivity contribution < 1.29 is 40.7 Å². The van der Waals surface area contributed by atoms with E-state index in [4.69, 9.17) is 0 Å². The first kappa shape index (κ1) is 17.8. The van der Waals surface area contributed by atoms with Gasteiger partial charge in [0.15, 0.2) is 0 Å². The highest BCUT2D eigenvalue weighted by Gasteiger charge is 2.55. The summed E-state index contributed by atoms with van der Waals surface area (Å²) in [7, 11) is 1.33. The van der Waals surface area contributed by atoms with E-state index in [0.29, 0.717) is 5.57 Å². The average Bonchev–Trinajstić information content (AvgIpc) is 2.13. The number of methoxy groups -OCH3 is 1. The Morgan fingerprint density at radius 3 is 1.29 bits per heavy atom. The van der Waals surface area contributed by atoms with E-state index in [2.05, 4.69) is 11.3 Å². The zero-order valence-electron chi connectivity index (χ0n) is 8.70. The van der Waals surface area contributed by atoms with Gasteiger partial charge in [0.25, 0.3) is 0 Å². The topological polar surface area (TPSA) is 43.4 Å². The van der Waals surface area contributed by atoms with Crippen LogP contribution in [0.15, 0.2) is 12.2 Å². The van der Waals surface area contributed by atoms with Crippen molar-refractivity contribution in [1.29, 1.82) is 0 Å². The third-order valence-electron chi connectivity index (χ3n) is 1.05. The molecule has 0 aromatic heterocycles. The standard InChI is InChI=1S/C5H8O2.C3F6O/c1-4(2)5(6)7-3;4-2(5,6)1(10)3(7,8)9/h1H2,2-3H3;. The SMILES string of the molecule is C=C(C)C(=O)OC.O=C(C(F)(F)F)C(F)(F)F. The van der Waals surface area contributed by atoms with Crippen molar-refractivity contribution in [3.8, 4) is 0 Å². The van der Waals surface area contributed by atoms with Crippen LogP contribution in [0.5, 0.6) is 0 Å². The highest BCUT2D eigenvalue weighted by atomic mass is 19.4. The number of carbonyl (C=O) groups is 2. The molecule has 0 saturated carbocycles. The van der Waals surface area contributed by atoms with E-state index in [1.54, 1.807) is 6.92 Å². The lowest BCUT2D eigenvalue weighted by molar-refractivity contribution is -0.217. The second-order valence-electron chi connectivity index (χ2n) is 2.60. The van der Waals surface area contributed by atoms with Gasteiger partial charge in [-0.2, -0.15) is 26.3 Å². The van der Waals surface area contributed by atoms with E-state index >= 15 is 0 Å². The Morgan fingerprint density at radius 2 is 1.29 bits per heavy atom. The number of halogens is 6. The maximum atomic E-state index is 10.9. The minimum atomic E-state index is -5.82. The third-order valence-corrected chi connectivity index (χ3v) is 1.05. The number of esters is 1. The fourth-order valence-electron chi connectivity index (χ4n) is 0.335. The lowest BCUT2D eigenvalue weighted by Gasteiger charge is -2.06. The predicted octanol–water partition coefficient (Wildman–Crippen LogP) is 2.42. The van der Waals surface area contributed by atoms with E-state index < -0.39 is 18.1 Å². The van der Waals surface area contributed by atoms with Gasteiger partial charge in [0.2, 0.25) is 0 Å². The van der Waals surface area contributed by atoms with E-state index in [9.17, 15) is 35.9 Å². The molecule has 0 heterocycles. The number of ether oxygens (including phenoxy) is 1. The van der Waals surface area contributed by atoms with Gasteiger partial charge in [-0.1, -0.05) is 6.58 Å². The Bertz CT molecular complexity index is 285. The molecule has 100 valence electrons. The normalized spacial score (nSPS) is 11.1. The quantitative estimate of drug-likeness (QED) is 0.416. The first-order chi connectivity index (χ1) is 7.34. The minimum Gasteiger partial charge on any atom is -0.466 e. The van der Waals surface area contributed by atoms with Gasteiger partial charge in [-0.05, 0) is 6.92 Å². The molecule has 0 fully saturated rings. The number of carbonyl (C=O) groups excluding carboxylic acids is 2. The van der Waals surface area contributed by atoms with Crippen molar-refractivity contribution in [2.45, 2.75) is 19.3 Å². The van der Waals surface area contributed by atoms with Crippen molar-refractivity contribution in [3.05, 3.63) is 12.2 Å². The summed E-state index contributed by atoms with van der Waals surface area (Å²) >= 11 is 0. The van der Waals surface area contributed by atoms with E-state index in [0.717, 1.165) is 0 Å². The van der Waals surface area contributed by atoms with Crippen molar-refractivity contribution in [1.82, 2.24) is 0 Å². The summed E-state index contributed by atoms with van der Waals surface area (Å²) in [6.07, 6.45) is -11.6. The Morgan fingerprint density at radius 1 is 1.00 bits per heavy atom. The Hall–Kier alpha value is -1.54. The molecule has 9 heteroatoms. The van der Waals surface area contributed by atoms with E-state index in [1.165, 1.54) is 7.11 Å². The van der Waals surface area contributed by atoms with Crippen LogP contribution in [0.1, 0.15) is 6.92 Å². The van der Waals surface area contributed by atoms with Crippen molar-refractivity contribution in [2.75, 3.05) is 7.11 Å². The predicted molar refractivity (Wildman–Crippen MR) is 43.9 cm³/mol. The van der Waals surface area contributed by atoms with Gasteiger partial charge < -0.3 is 4.74 Å². The van der Waals surface area contributed by atoms with Crippen LogP contribution in [0, 0.1) is 0 Å². The molecule has 0 N–H and O–H groups in total. The molecule has 0 aliphatic rings. The summed E-state index contributed by atoms with van der Waals surface area (Å²) in [6.45, 7) is 4.95. The second-order valence-corrected chi connectivity index (χ2v) is 2.60. The number of ketones is 1. The van der Waals surface area contributed by atoms with Crippen LogP contribution in [0.25, 0.3) is 0 Å². The molecular formula is C8H8F6O3. The Labute approximate surface area is 92.0 Å². The van der Waals surface area contributed by atoms with Crippen LogP contribution in [0.3, 0.4) is 0 Å². The highest BCUT2D eigenvalue weighted by Crippen LogP contribution is 2.28. The number of alkyl halides is 6. The fourth-order valence-corrected chi connectivity index (χ4v) is 0.335. The summed E-state index contributed by atoms with van der Waals surface area (Å²) in [4.78, 5) is 19.4. The molecule has 0 aliphatic carbocycles. The molecule has 0 spiro atoms. The lowest BCUT2D eigenvalue weighted by Crippen LogP contribution is -2.36. The molecule has 0 bridgehead atoms. The minimum absolute atomic E-state index is 0.347. The van der Waals surface area contributed by atoms with E-state index in [1.807, 2.05) is 0 Å². The van der Waals surface area contributed by atoms with Crippen molar-refractivity contribution >= 4 is 11.8 Å². The summed E-state index contributed by atoms with van der Waals surface area (Å²) in [5, 5.41) is 0. The van der Waals surface area contributed by atoms with Crippen LogP contribution in [-0.2, 0) is 14.3 Å². The molecule has 0 rings (SSSR count). The van der Waals surface area contributed by atoms with Crippen LogP contribution in [0.2, 0.25) is 0 Å². The van der Waals surface area contributed by atoms with Gasteiger partial charge in [-0.25, -0.2) is 4.79 Å². The highest BCUT2D eigenvalue weighted by molar-refractivity contribution is 5.89. The fraction of sp³-hybridized carbons (Fsp3) is 0.500. The van der Waals surface area contributed by atoms with Crippen LogP contribution in [0.4, 0.5) is 26.3 Å². The second kappa shape index (κ2) is 6.26. The van der Waals surface area contributed by atoms with Gasteiger partial charge in [-0.15, -0.1) is 0 Å². The van der Waals surface area contributed by atoms with E-state index in [-0.39, 0.29) is 5.97 Å². The molecule has 17 heavy (non-hydrogen) atoms. The van der Waals surface area contributed by atoms with Crippen molar-refractivity contribution in [2.24, 2.45) is 0 Å². The Balaban J connectivity index is 0. The molecule has 0 aliphatic heterocycles. The maximum absolute atomic E-state index is 10.9. The summed E-state index contributed by atoms with van der Waals surface area (Å²) in [6, 6.07) is 0. The van der Waals surface area contributed by atoms with Gasteiger partial charge in [-0.3, -0.25) is 4.79 Å². The van der Waals surface area contributed by atoms with Crippen LogP contribution < -0.4 is 0 Å². The van der Waals surface area contributed by atoms with Gasteiger partial charge in [0, 0.05) is 5.57 Å². The molecule has 0 aromatic carbocycles. The molecule has 0 unspecified atom stereocenters. The number of rotatable bonds is 1. The third kappa shape index (κ3) is 8.29. The molecular weight excluding hydrogens is 258 g/mol. The van der Waals surface area contributed by atoms with Crippen LogP contribution in [-0.4, -0.2) is 31.2 Å². The van der Waals surface area contributed by atoms with Crippen LogP contribution >= 0.6 is 0 Å². The largest absolute Gasteiger partial charge is 0.466 e. The van der Waals surface area contributed by atoms with Crippen molar-refractivity contribution in [3.63, 3.8) is 0 Å². The smallest absolute Gasteiger partial charge is 0.459 e. The number of hydrogen-bond acceptors (Lipinski definition) is 3. The van der Waals surface area contributed by atoms with Gasteiger partial charge >= 0.3 is 24.1 Å². The zero-order valence-corrected chi connectivity index (χ0v) is 8.70. The molecule has 0 saturated heterocycles. The number of Topliss-reactive ketones (excluding diaryl/α,β-unsaturated/α-hetero) is 1. The average molecular weight is 266 g/mol. The first-order valence-corrected chi connectivity index (χ1v) is 3.76. The number of hydrogen-bond donors (Lipinski definition) is 0. The van der Waals surface area contributed by atoms with Gasteiger partial charge in [0.05, 0.1) is 7.11 Å². The van der Waals surface area contributed by atoms with Gasteiger partial charge in [0.1, 0.15) is 0 Å². The zero-order chi connectivity index (χ0) is 14.4. The molecule has 0 aromatic rings. The first-order valence-electron chi connectivity index (χ1n) is 3.76. The summed E-state index contributed by atoms with van der Waals surface area (Å²) < 4.78 is 69.5. The summed E-state index contributed by atoms with van der Waals surface area (Å²) in [5.74, 6) is -4.03. The molecule has 3 nitrogen and oxygen atoms in total. The maximum Gasteiger partial charge on any atom is 0.459 e. The molecule has 0 atom stereocenters. The molecule has 0 amide bonds. The monoisotopic (exact) mass is 266 g/mol. The Kier molecular flexibility index (Phi) is 6.57. The molecule has 0 radical (unpaired) electrons. The lowest BCUT2D eigenvalue weighted by atomic mass is 10.4. The summed E-state index contributed by atoms with van der Waals surface area (Å²) in [5.41, 5.74) is 0.433.